The molecule has 0 aromatic rings. The zero-order chi connectivity index (χ0) is 10.6. The van der Waals surface area contributed by atoms with E-state index in [4.69, 9.17) is 5.73 Å². The quantitative estimate of drug-likeness (QED) is 0.664. The Kier molecular flexibility index (Phi) is 3.39. The lowest BCUT2D eigenvalue weighted by Crippen LogP contribution is -2.21. The van der Waals surface area contributed by atoms with E-state index in [0.29, 0.717) is 6.67 Å². The molecule has 0 aliphatic carbocycles. The Morgan fingerprint density at radius 1 is 1.79 bits per heavy atom. The van der Waals surface area contributed by atoms with Crippen LogP contribution in [0.4, 0.5) is 0 Å². The number of allylic oxidation sites excluding steroid dienone is 2. The van der Waals surface area contributed by atoms with E-state index in [2.05, 4.69) is 10.1 Å². The molecule has 0 saturated heterocycles. The van der Waals surface area contributed by atoms with E-state index in [0.717, 1.165) is 11.4 Å². The summed E-state index contributed by atoms with van der Waals surface area (Å²) in [5.41, 5.74) is 6.98. The summed E-state index contributed by atoms with van der Waals surface area (Å²) in [4.78, 5) is 14.6. The van der Waals surface area contributed by atoms with Crippen LogP contribution in [0.1, 0.15) is 20.3 Å². The number of rotatable bonds is 3. The van der Waals surface area contributed by atoms with Crippen LogP contribution >= 0.6 is 0 Å². The summed E-state index contributed by atoms with van der Waals surface area (Å²) in [6.07, 6.45) is 3.59. The molecule has 0 saturated carbocycles. The SMILES string of the molecule is CC1=CC(C)=NCN1/N=C\CC(N)=O. The van der Waals surface area contributed by atoms with Gasteiger partial charge in [-0.1, -0.05) is 0 Å². The number of primary amides is 1. The molecular weight excluding hydrogens is 180 g/mol. The average Bonchev–Trinajstić information content (AvgIpc) is 2.08. The van der Waals surface area contributed by atoms with Crippen LogP contribution in [0.2, 0.25) is 0 Å². The fourth-order valence-electron chi connectivity index (χ4n) is 1.07. The number of hydrogen-bond acceptors (Lipinski definition) is 4. The highest BCUT2D eigenvalue weighted by Crippen LogP contribution is 2.09. The second kappa shape index (κ2) is 4.55. The molecule has 1 aliphatic rings. The number of nitrogens with two attached hydrogens (primary N) is 1. The molecule has 1 rings (SSSR count). The van der Waals surface area contributed by atoms with Crippen LogP contribution in [0.25, 0.3) is 0 Å². The summed E-state index contributed by atoms with van der Waals surface area (Å²) >= 11 is 0. The van der Waals surface area contributed by atoms with Gasteiger partial charge < -0.3 is 5.73 Å². The Morgan fingerprint density at radius 2 is 2.50 bits per heavy atom. The zero-order valence-electron chi connectivity index (χ0n) is 8.40. The van der Waals surface area contributed by atoms with Crippen LogP contribution in [0.3, 0.4) is 0 Å². The van der Waals surface area contributed by atoms with Gasteiger partial charge in [-0.3, -0.25) is 9.79 Å². The summed E-state index contributed by atoms with van der Waals surface area (Å²) < 4.78 is 0. The summed E-state index contributed by atoms with van der Waals surface area (Å²) in [7, 11) is 0. The van der Waals surface area contributed by atoms with E-state index in [1.165, 1.54) is 6.21 Å². The fourth-order valence-corrected chi connectivity index (χ4v) is 1.07. The van der Waals surface area contributed by atoms with Crippen molar-refractivity contribution in [3.63, 3.8) is 0 Å². The number of hydrazone groups is 1. The zero-order valence-corrected chi connectivity index (χ0v) is 8.40. The molecule has 0 aromatic heterocycles. The molecule has 1 amide bonds. The topological polar surface area (TPSA) is 71.1 Å². The van der Waals surface area contributed by atoms with Crippen molar-refractivity contribution in [3.05, 3.63) is 11.8 Å². The smallest absolute Gasteiger partial charge is 0.222 e. The number of amides is 1. The Bertz CT molecular complexity index is 317. The standard InChI is InChI=1S/C9H14N4O/c1-7-5-8(2)13(6-11-7)12-4-3-9(10)14/h4-5H,3,6H2,1-2H3,(H2,10,14)/b12-4-. The Labute approximate surface area is 83.0 Å². The van der Waals surface area contributed by atoms with Gasteiger partial charge in [0.2, 0.25) is 5.91 Å². The van der Waals surface area contributed by atoms with Crippen LogP contribution in [-0.2, 0) is 4.79 Å². The summed E-state index contributed by atoms with van der Waals surface area (Å²) in [5.74, 6) is -0.382. The molecule has 0 aromatic carbocycles. The second-order valence-corrected chi connectivity index (χ2v) is 3.09. The van der Waals surface area contributed by atoms with Crippen molar-refractivity contribution in [2.75, 3.05) is 6.67 Å². The minimum Gasteiger partial charge on any atom is -0.369 e. The highest BCUT2D eigenvalue weighted by atomic mass is 16.1. The fraction of sp³-hybridized carbons (Fsp3) is 0.444. The van der Waals surface area contributed by atoms with Gasteiger partial charge in [-0.25, -0.2) is 5.01 Å². The molecule has 0 spiro atoms. The van der Waals surface area contributed by atoms with Gasteiger partial charge in [0.1, 0.15) is 6.67 Å². The van der Waals surface area contributed by atoms with E-state index in [-0.39, 0.29) is 12.3 Å². The lowest BCUT2D eigenvalue weighted by Gasteiger charge is -2.20. The van der Waals surface area contributed by atoms with Gasteiger partial charge in [-0.15, -0.1) is 0 Å². The van der Waals surface area contributed by atoms with Crippen molar-refractivity contribution in [1.82, 2.24) is 5.01 Å². The number of carbonyl (C=O) groups is 1. The maximum absolute atomic E-state index is 10.4. The molecule has 5 heteroatoms. The average molecular weight is 194 g/mol. The van der Waals surface area contributed by atoms with Crippen molar-refractivity contribution < 1.29 is 4.79 Å². The predicted octanol–water partition coefficient (Wildman–Crippen LogP) is 0.485. The van der Waals surface area contributed by atoms with E-state index >= 15 is 0 Å². The van der Waals surface area contributed by atoms with Crippen molar-refractivity contribution in [2.24, 2.45) is 15.8 Å². The summed E-state index contributed by atoms with van der Waals surface area (Å²) in [5, 5.41) is 5.79. The van der Waals surface area contributed by atoms with Crippen LogP contribution in [-0.4, -0.2) is 29.5 Å². The highest BCUT2D eigenvalue weighted by Gasteiger charge is 2.06. The minimum atomic E-state index is -0.382. The first-order chi connectivity index (χ1) is 6.59. The van der Waals surface area contributed by atoms with Crippen LogP contribution in [0, 0.1) is 0 Å². The molecule has 2 N–H and O–H groups in total. The predicted molar refractivity (Wildman–Crippen MR) is 55.9 cm³/mol. The van der Waals surface area contributed by atoms with Gasteiger partial charge in [0, 0.05) is 17.6 Å². The largest absolute Gasteiger partial charge is 0.369 e. The third kappa shape index (κ3) is 3.01. The third-order valence-corrected chi connectivity index (χ3v) is 1.79. The van der Waals surface area contributed by atoms with Crippen molar-refractivity contribution in [3.8, 4) is 0 Å². The van der Waals surface area contributed by atoms with Gasteiger partial charge in [0.05, 0.1) is 6.42 Å². The maximum atomic E-state index is 10.4. The Morgan fingerprint density at radius 3 is 3.07 bits per heavy atom. The van der Waals surface area contributed by atoms with Crippen molar-refractivity contribution in [1.29, 1.82) is 0 Å². The summed E-state index contributed by atoms with van der Waals surface area (Å²) in [6.45, 7) is 4.39. The molecule has 76 valence electrons. The third-order valence-electron chi connectivity index (χ3n) is 1.79. The van der Waals surface area contributed by atoms with E-state index in [1.54, 1.807) is 5.01 Å². The molecule has 1 heterocycles. The van der Waals surface area contributed by atoms with Crippen molar-refractivity contribution >= 4 is 17.8 Å². The molecular formula is C9H14N4O. The van der Waals surface area contributed by atoms with E-state index in [9.17, 15) is 4.79 Å². The van der Waals surface area contributed by atoms with Crippen molar-refractivity contribution in [2.45, 2.75) is 20.3 Å². The lowest BCUT2D eigenvalue weighted by atomic mass is 10.3. The minimum absolute atomic E-state index is 0.159. The molecule has 5 nitrogen and oxygen atoms in total. The van der Waals surface area contributed by atoms with Crippen LogP contribution in [0.15, 0.2) is 21.9 Å². The maximum Gasteiger partial charge on any atom is 0.222 e. The normalized spacial score (nSPS) is 16.9. The van der Waals surface area contributed by atoms with Gasteiger partial charge in [-0.05, 0) is 19.9 Å². The first-order valence-electron chi connectivity index (χ1n) is 4.37. The monoisotopic (exact) mass is 194 g/mol. The molecule has 0 bridgehead atoms. The lowest BCUT2D eigenvalue weighted by molar-refractivity contribution is -0.116. The number of carbonyl (C=O) groups excluding carboxylic acids is 1. The first kappa shape index (κ1) is 10.4. The number of nitrogens with zero attached hydrogens (tertiary/aromatic N) is 3. The Balaban J connectivity index is 2.52. The molecule has 1 aliphatic heterocycles. The van der Waals surface area contributed by atoms with Crippen LogP contribution in [0.5, 0.6) is 0 Å². The second-order valence-electron chi connectivity index (χ2n) is 3.09. The van der Waals surface area contributed by atoms with E-state index < -0.39 is 0 Å². The molecule has 0 unspecified atom stereocenters. The van der Waals surface area contributed by atoms with Gasteiger partial charge in [0.15, 0.2) is 0 Å². The highest BCUT2D eigenvalue weighted by molar-refractivity contribution is 5.93. The van der Waals surface area contributed by atoms with Gasteiger partial charge in [0.25, 0.3) is 0 Å². The van der Waals surface area contributed by atoms with E-state index in [1.807, 2.05) is 19.9 Å². The number of hydrogen-bond donors (Lipinski definition) is 1. The first-order valence-corrected chi connectivity index (χ1v) is 4.37. The molecule has 0 atom stereocenters. The molecule has 0 fully saturated rings. The number of aliphatic imine (C=N–C) groups is 1. The molecule has 0 radical (unpaired) electrons. The van der Waals surface area contributed by atoms with Crippen LogP contribution < -0.4 is 5.73 Å². The Hall–Kier alpha value is -1.65. The molecule has 14 heavy (non-hydrogen) atoms. The van der Waals surface area contributed by atoms with Gasteiger partial charge >= 0.3 is 0 Å². The summed E-state index contributed by atoms with van der Waals surface area (Å²) in [6, 6.07) is 0. The van der Waals surface area contributed by atoms with Gasteiger partial charge in [-0.2, -0.15) is 5.10 Å².